The third-order valence-electron chi connectivity index (χ3n) is 5.48. The van der Waals surface area contributed by atoms with Crippen molar-refractivity contribution in [3.8, 4) is 0 Å². The lowest BCUT2D eigenvalue weighted by Crippen LogP contribution is -2.38. The van der Waals surface area contributed by atoms with Crippen molar-refractivity contribution in [1.29, 1.82) is 0 Å². The Bertz CT molecular complexity index is 677. The van der Waals surface area contributed by atoms with Gasteiger partial charge in [-0.25, -0.2) is 0 Å². The average molecular weight is 413 g/mol. The van der Waals surface area contributed by atoms with Gasteiger partial charge in [0.15, 0.2) is 0 Å². The Kier molecular flexibility index (Phi) is 12.4. The van der Waals surface area contributed by atoms with Gasteiger partial charge in [-0.2, -0.15) is 0 Å². The van der Waals surface area contributed by atoms with Crippen LogP contribution in [0.3, 0.4) is 0 Å². The minimum absolute atomic E-state index is 0.0877. The van der Waals surface area contributed by atoms with Crippen LogP contribution in [0, 0.1) is 10.8 Å². The summed E-state index contributed by atoms with van der Waals surface area (Å²) in [7, 11) is 0. The Morgan fingerprint density at radius 3 is 1.77 bits per heavy atom. The summed E-state index contributed by atoms with van der Waals surface area (Å²) >= 11 is 0. The van der Waals surface area contributed by atoms with Crippen molar-refractivity contribution in [3.05, 3.63) is 74.9 Å². The third-order valence-corrected chi connectivity index (χ3v) is 5.48. The molecule has 0 aliphatic rings. The summed E-state index contributed by atoms with van der Waals surface area (Å²) < 4.78 is 0. The molecule has 166 valence electrons. The van der Waals surface area contributed by atoms with Crippen LogP contribution in [0.1, 0.15) is 40.5 Å². The standard InChI is InChI=1S/C26H40N2O2/c1-9-19-27(23(29)11-3)21-15-16-25(7,13-5)17-18-26(8,14-6)22-28(20-10-2)24(30)12-4/h9-12,15-18H,1-4,13-14,19-22H2,5-8H3/b16-15+,18-17+. The van der Waals surface area contributed by atoms with Gasteiger partial charge >= 0.3 is 0 Å². The summed E-state index contributed by atoms with van der Waals surface area (Å²) in [5, 5.41) is 0. The van der Waals surface area contributed by atoms with E-state index in [1.54, 1.807) is 22.0 Å². The smallest absolute Gasteiger partial charge is 0.246 e. The molecule has 0 aromatic carbocycles. The van der Waals surface area contributed by atoms with E-state index in [2.05, 4.69) is 72.2 Å². The molecule has 0 aliphatic heterocycles. The van der Waals surface area contributed by atoms with Crippen LogP contribution in [0.15, 0.2) is 74.9 Å². The average Bonchev–Trinajstić information content (AvgIpc) is 2.75. The number of hydrogen-bond acceptors (Lipinski definition) is 2. The predicted octanol–water partition coefficient (Wildman–Crippen LogP) is 5.33. The van der Waals surface area contributed by atoms with Gasteiger partial charge in [-0.15, -0.1) is 13.2 Å². The van der Waals surface area contributed by atoms with E-state index in [-0.39, 0.29) is 22.6 Å². The summed E-state index contributed by atoms with van der Waals surface area (Å²) in [6, 6.07) is 0. The van der Waals surface area contributed by atoms with Gasteiger partial charge in [0.25, 0.3) is 0 Å². The number of carbonyl (C=O) groups is 2. The molecule has 0 aliphatic carbocycles. The first kappa shape index (κ1) is 27.4. The minimum Gasteiger partial charge on any atom is -0.335 e. The van der Waals surface area contributed by atoms with E-state index in [9.17, 15) is 9.59 Å². The van der Waals surface area contributed by atoms with E-state index in [1.165, 1.54) is 12.2 Å². The zero-order chi connectivity index (χ0) is 23.2. The summed E-state index contributed by atoms with van der Waals surface area (Å²) in [5.74, 6) is -0.198. The Morgan fingerprint density at radius 2 is 1.30 bits per heavy atom. The summed E-state index contributed by atoms with van der Waals surface area (Å²) in [5.41, 5.74) is -0.321. The van der Waals surface area contributed by atoms with E-state index in [4.69, 9.17) is 0 Å². The highest BCUT2D eigenvalue weighted by Crippen LogP contribution is 2.31. The van der Waals surface area contributed by atoms with Crippen LogP contribution in [0.4, 0.5) is 0 Å². The van der Waals surface area contributed by atoms with Crippen molar-refractivity contribution in [2.24, 2.45) is 10.8 Å². The van der Waals surface area contributed by atoms with Gasteiger partial charge in [-0.3, -0.25) is 9.59 Å². The van der Waals surface area contributed by atoms with Crippen molar-refractivity contribution in [3.63, 3.8) is 0 Å². The second-order valence-corrected chi connectivity index (χ2v) is 8.05. The van der Waals surface area contributed by atoms with E-state index >= 15 is 0 Å². The van der Waals surface area contributed by atoms with E-state index in [0.717, 1.165) is 12.8 Å². The van der Waals surface area contributed by atoms with Crippen LogP contribution in [-0.4, -0.2) is 47.8 Å². The molecule has 0 aromatic rings. The van der Waals surface area contributed by atoms with Gasteiger partial charge in [0, 0.05) is 37.0 Å². The number of nitrogens with zero attached hydrogens (tertiary/aromatic N) is 2. The van der Waals surface area contributed by atoms with Gasteiger partial charge in [-0.05, 0) is 25.0 Å². The van der Waals surface area contributed by atoms with Crippen molar-refractivity contribution in [2.45, 2.75) is 40.5 Å². The van der Waals surface area contributed by atoms with Crippen LogP contribution in [-0.2, 0) is 9.59 Å². The first-order valence-electron chi connectivity index (χ1n) is 10.6. The van der Waals surface area contributed by atoms with Gasteiger partial charge in [-0.1, -0.05) is 77.3 Å². The lowest BCUT2D eigenvalue weighted by atomic mass is 9.80. The van der Waals surface area contributed by atoms with Crippen molar-refractivity contribution in [1.82, 2.24) is 9.80 Å². The quantitative estimate of drug-likeness (QED) is 0.269. The van der Waals surface area contributed by atoms with Crippen molar-refractivity contribution in [2.75, 3.05) is 26.2 Å². The molecule has 0 bridgehead atoms. The SMILES string of the molecule is C=CCN(C/C=C/C(C)(/C=C/C(C)(CC)CN(CC=C)C(=O)C=C)CC)C(=O)C=C. The molecule has 2 atom stereocenters. The zero-order valence-corrected chi connectivity index (χ0v) is 19.4. The maximum atomic E-state index is 12.2. The second kappa shape index (κ2) is 13.6. The largest absolute Gasteiger partial charge is 0.335 e. The molecule has 30 heavy (non-hydrogen) atoms. The van der Waals surface area contributed by atoms with Gasteiger partial charge in [0.05, 0.1) is 0 Å². The summed E-state index contributed by atoms with van der Waals surface area (Å²) in [6.07, 6.45) is 16.5. The highest BCUT2D eigenvalue weighted by Gasteiger charge is 2.25. The number of carbonyl (C=O) groups excluding carboxylic acids is 2. The fraction of sp³-hybridized carbons (Fsp3) is 0.462. The topological polar surface area (TPSA) is 40.6 Å². The van der Waals surface area contributed by atoms with Crippen molar-refractivity contribution < 1.29 is 9.59 Å². The molecule has 2 unspecified atom stereocenters. The Morgan fingerprint density at radius 1 is 0.767 bits per heavy atom. The van der Waals surface area contributed by atoms with Gasteiger partial charge in [0.2, 0.25) is 11.8 Å². The Hall–Kier alpha value is -2.62. The molecule has 0 spiro atoms. The molecular weight excluding hydrogens is 372 g/mol. The number of allylic oxidation sites excluding steroid dienone is 2. The third kappa shape index (κ3) is 9.25. The van der Waals surface area contributed by atoms with Crippen LogP contribution in [0.5, 0.6) is 0 Å². The lowest BCUT2D eigenvalue weighted by Gasteiger charge is -2.33. The summed E-state index contributed by atoms with van der Waals surface area (Å²) in [6.45, 7) is 25.3. The van der Waals surface area contributed by atoms with Crippen LogP contribution in [0.25, 0.3) is 0 Å². The minimum atomic E-state index is -0.167. The number of amides is 2. The Labute approximate surface area is 184 Å². The highest BCUT2D eigenvalue weighted by molar-refractivity contribution is 5.87. The maximum Gasteiger partial charge on any atom is 0.246 e. The molecule has 0 N–H and O–H groups in total. The fourth-order valence-corrected chi connectivity index (χ4v) is 2.91. The Balaban J connectivity index is 5.46. The first-order chi connectivity index (χ1) is 14.1. The molecule has 0 rings (SSSR count). The molecule has 0 saturated carbocycles. The molecule has 0 heterocycles. The molecule has 2 amide bonds. The zero-order valence-electron chi connectivity index (χ0n) is 19.4. The number of rotatable bonds is 15. The molecule has 0 saturated heterocycles. The van der Waals surface area contributed by atoms with Gasteiger partial charge in [0.1, 0.15) is 0 Å². The van der Waals surface area contributed by atoms with Crippen LogP contribution in [0.2, 0.25) is 0 Å². The lowest BCUT2D eigenvalue weighted by molar-refractivity contribution is -0.126. The number of hydrogen-bond donors (Lipinski definition) is 0. The van der Waals surface area contributed by atoms with E-state index in [1.807, 2.05) is 6.08 Å². The molecule has 0 aromatic heterocycles. The fourth-order valence-electron chi connectivity index (χ4n) is 2.91. The van der Waals surface area contributed by atoms with E-state index in [0.29, 0.717) is 26.2 Å². The first-order valence-corrected chi connectivity index (χ1v) is 10.6. The summed E-state index contributed by atoms with van der Waals surface area (Å²) in [4.78, 5) is 27.5. The molecule has 4 nitrogen and oxygen atoms in total. The maximum absolute atomic E-state index is 12.2. The van der Waals surface area contributed by atoms with Crippen molar-refractivity contribution >= 4 is 11.8 Å². The van der Waals surface area contributed by atoms with Crippen LogP contribution < -0.4 is 0 Å². The van der Waals surface area contributed by atoms with E-state index < -0.39 is 0 Å². The normalized spacial score (nSPS) is 15.2. The van der Waals surface area contributed by atoms with Crippen LogP contribution >= 0.6 is 0 Å². The highest BCUT2D eigenvalue weighted by atomic mass is 16.2. The molecule has 0 fully saturated rings. The monoisotopic (exact) mass is 412 g/mol. The molecule has 4 heteroatoms. The van der Waals surface area contributed by atoms with Gasteiger partial charge < -0.3 is 9.80 Å². The predicted molar refractivity (Wildman–Crippen MR) is 129 cm³/mol. The molecule has 0 radical (unpaired) electrons. The molecular formula is C26H40N2O2. The second-order valence-electron chi connectivity index (χ2n) is 8.05.